The van der Waals surface area contributed by atoms with Gasteiger partial charge in [-0.3, -0.25) is 4.79 Å². The molecule has 0 unspecified atom stereocenters. The first-order valence-corrected chi connectivity index (χ1v) is 6.17. The Morgan fingerprint density at radius 2 is 1.90 bits per heavy atom. The summed E-state index contributed by atoms with van der Waals surface area (Å²) in [6.45, 7) is -0.161. The molecule has 4 atom stereocenters. The number of hydrogen-bond donors (Lipinski definition) is 3. The molecule has 6 heteroatoms. The van der Waals surface area contributed by atoms with Gasteiger partial charge in [-0.2, -0.15) is 0 Å². The van der Waals surface area contributed by atoms with Gasteiger partial charge in [-0.1, -0.05) is 30.3 Å². The van der Waals surface area contributed by atoms with Crippen molar-refractivity contribution in [3.8, 4) is 0 Å². The highest BCUT2D eigenvalue weighted by Gasteiger charge is 2.39. The van der Waals surface area contributed by atoms with Gasteiger partial charge in [-0.05, 0) is 0 Å². The summed E-state index contributed by atoms with van der Waals surface area (Å²) < 4.78 is 10.6. The van der Waals surface area contributed by atoms with E-state index < -0.39 is 24.6 Å². The van der Waals surface area contributed by atoms with E-state index in [1.54, 1.807) is 24.3 Å². The molecule has 0 spiro atoms. The van der Waals surface area contributed by atoms with Crippen molar-refractivity contribution in [3.63, 3.8) is 0 Å². The molecule has 0 bridgehead atoms. The minimum absolute atomic E-state index is 0.161. The van der Waals surface area contributed by atoms with E-state index in [2.05, 4.69) is 0 Å². The second kappa shape index (κ2) is 6.62. The Morgan fingerprint density at radius 1 is 1.20 bits per heavy atom. The zero-order valence-corrected chi connectivity index (χ0v) is 10.6. The van der Waals surface area contributed by atoms with Crippen molar-refractivity contribution in [2.24, 2.45) is 0 Å². The molecular weight excluding hydrogens is 264 g/mol. The lowest BCUT2D eigenvalue weighted by molar-refractivity contribution is -0.249. The number of carbonyl (C=O) groups excluding carboxylic acids is 1. The smallest absolute Gasteiger partial charge is 0.228 e. The number of benzene rings is 1. The summed E-state index contributed by atoms with van der Waals surface area (Å²) in [5, 5.41) is 28.7. The van der Waals surface area contributed by atoms with Gasteiger partial charge in [-0.25, -0.2) is 0 Å². The number of carbonyl (C=O) groups is 1. The van der Waals surface area contributed by atoms with Gasteiger partial charge >= 0.3 is 0 Å². The van der Waals surface area contributed by atoms with Crippen LogP contribution in [0.15, 0.2) is 36.4 Å². The maximum Gasteiger partial charge on any atom is 0.228 e. The molecular formula is C14H16O6. The second-order valence-corrected chi connectivity index (χ2v) is 4.40. The minimum Gasteiger partial charge on any atom is -0.461 e. The first-order valence-electron chi connectivity index (χ1n) is 6.17. The standard InChI is InChI=1S/C14H16O6/c15-7-6-11(9-4-2-1-3-5-9)20-14-13(18)12(17)10(16)8-19-14/h1-7,10,12-14,16-18H,8H2/b11-6+/t10-,12+,13-,14+/m1/s1. The lowest BCUT2D eigenvalue weighted by Crippen LogP contribution is -2.53. The van der Waals surface area contributed by atoms with Gasteiger partial charge in [0, 0.05) is 11.6 Å². The molecule has 0 aromatic heterocycles. The van der Waals surface area contributed by atoms with Crippen LogP contribution >= 0.6 is 0 Å². The lowest BCUT2D eigenvalue weighted by Gasteiger charge is -2.35. The number of ether oxygens (including phenoxy) is 2. The van der Waals surface area contributed by atoms with E-state index in [9.17, 15) is 20.1 Å². The third-order valence-corrected chi connectivity index (χ3v) is 2.98. The fourth-order valence-electron chi connectivity index (χ4n) is 1.88. The molecule has 1 aromatic rings. The quantitative estimate of drug-likeness (QED) is 0.397. The van der Waals surface area contributed by atoms with Gasteiger partial charge in [-0.15, -0.1) is 0 Å². The van der Waals surface area contributed by atoms with Crippen LogP contribution in [0.1, 0.15) is 5.56 Å². The summed E-state index contributed by atoms with van der Waals surface area (Å²) in [4.78, 5) is 10.7. The van der Waals surface area contributed by atoms with Crippen molar-refractivity contribution in [1.82, 2.24) is 0 Å². The van der Waals surface area contributed by atoms with Gasteiger partial charge in [0.2, 0.25) is 6.29 Å². The van der Waals surface area contributed by atoms with Crippen molar-refractivity contribution < 1.29 is 29.6 Å². The van der Waals surface area contributed by atoms with E-state index in [1.807, 2.05) is 6.07 Å². The molecule has 1 fully saturated rings. The molecule has 3 N–H and O–H groups in total. The lowest BCUT2D eigenvalue weighted by atomic mass is 10.1. The van der Waals surface area contributed by atoms with Gasteiger partial charge < -0.3 is 24.8 Å². The third kappa shape index (κ3) is 3.23. The summed E-state index contributed by atoms with van der Waals surface area (Å²) in [5.41, 5.74) is 0.635. The molecule has 1 aliphatic heterocycles. The zero-order valence-electron chi connectivity index (χ0n) is 10.6. The summed E-state index contributed by atoms with van der Waals surface area (Å²) >= 11 is 0. The number of rotatable bonds is 4. The van der Waals surface area contributed by atoms with E-state index in [0.717, 1.165) is 0 Å². The Balaban J connectivity index is 2.14. The number of allylic oxidation sites excluding steroid dienone is 1. The van der Waals surface area contributed by atoms with E-state index in [0.29, 0.717) is 11.8 Å². The molecule has 108 valence electrons. The fraction of sp³-hybridized carbons (Fsp3) is 0.357. The van der Waals surface area contributed by atoms with Gasteiger partial charge in [0.1, 0.15) is 30.4 Å². The van der Waals surface area contributed by atoms with Crippen LogP contribution in [-0.4, -0.2) is 52.8 Å². The van der Waals surface area contributed by atoms with Crippen molar-refractivity contribution in [1.29, 1.82) is 0 Å². The molecule has 20 heavy (non-hydrogen) atoms. The van der Waals surface area contributed by atoms with Gasteiger partial charge in [0.15, 0.2) is 0 Å². The highest BCUT2D eigenvalue weighted by molar-refractivity contribution is 5.78. The predicted octanol–water partition coefficient (Wildman–Crippen LogP) is -0.318. The van der Waals surface area contributed by atoms with Crippen molar-refractivity contribution in [2.75, 3.05) is 6.61 Å². The normalized spacial score (nSPS) is 30.9. The Hall–Kier alpha value is -1.73. The van der Waals surface area contributed by atoms with Crippen LogP contribution in [0, 0.1) is 0 Å². The summed E-state index contributed by atoms with van der Waals surface area (Å²) in [5.74, 6) is 0.216. The molecule has 6 nitrogen and oxygen atoms in total. The zero-order chi connectivity index (χ0) is 14.5. The first kappa shape index (κ1) is 14.7. The van der Waals surface area contributed by atoms with Gasteiger partial charge in [0.05, 0.1) is 6.61 Å². The highest BCUT2D eigenvalue weighted by Crippen LogP contribution is 2.23. The largest absolute Gasteiger partial charge is 0.461 e. The molecule has 1 aliphatic rings. The van der Waals surface area contributed by atoms with Crippen molar-refractivity contribution in [3.05, 3.63) is 42.0 Å². The fourth-order valence-corrected chi connectivity index (χ4v) is 1.88. The van der Waals surface area contributed by atoms with Gasteiger partial charge in [0.25, 0.3) is 0 Å². The number of aliphatic hydroxyl groups is 3. The van der Waals surface area contributed by atoms with E-state index in [4.69, 9.17) is 9.47 Å². The number of aliphatic hydroxyl groups excluding tert-OH is 3. The summed E-state index contributed by atoms with van der Waals surface area (Å²) in [7, 11) is 0. The van der Waals surface area contributed by atoms with E-state index in [-0.39, 0.29) is 12.4 Å². The molecule has 2 rings (SSSR count). The van der Waals surface area contributed by atoms with E-state index in [1.165, 1.54) is 6.08 Å². The van der Waals surface area contributed by atoms with Crippen LogP contribution in [0.4, 0.5) is 0 Å². The average molecular weight is 280 g/mol. The van der Waals surface area contributed by atoms with Crippen LogP contribution in [0.25, 0.3) is 5.76 Å². The molecule has 0 aliphatic carbocycles. The van der Waals surface area contributed by atoms with Crippen LogP contribution in [0.5, 0.6) is 0 Å². The highest BCUT2D eigenvalue weighted by atomic mass is 16.7. The summed E-state index contributed by atoms with van der Waals surface area (Å²) in [6.07, 6.45) is -3.33. The average Bonchev–Trinajstić information content (AvgIpc) is 2.48. The predicted molar refractivity (Wildman–Crippen MR) is 69.3 cm³/mol. The third-order valence-electron chi connectivity index (χ3n) is 2.98. The Bertz CT molecular complexity index is 472. The van der Waals surface area contributed by atoms with Crippen molar-refractivity contribution >= 4 is 12.0 Å². The van der Waals surface area contributed by atoms with Crippen LogP contribution in [-0.2, 0) is 14.3 Å². The molecule has 1 saturated heterocycles. The monoisotopic (exact) mass is 280 g/mol. The number of hydrogen-bond acceptors (Lipinski definition) is 6. The summed E-state index contributed by atoms with van der Waals surface area (Å²) in [6, 6.07) is 8.82. The minimum atomic E-state index is -1.41. The Morgan fingerprint density at radius 3 is 2.55 bits per heavy atom. The van der Waals surface area contributed by atoms with Crippen LogP contribution in [0.2, 0.25) is 0 Å². The molecule has 1 heterocycles. The molecule has 1 aromatic carbocycles. The second-order valence-electron chi connectivity index (χ2n) is 4.40. The molecule has 0 saturated carbocycles. The maximum atomic E-state index is 10.7. The number of aldehydes is 1. The topological polar surface area (TPSA) is 96.2 Å². The van der Waals surface area contributed by atoms with Crippen LogP contribution < -0.4 is 0 Å². The van der Waals surface area contributed by atoms with E-state index >= 15 is 0 Å². The molecule has 0 radical (unpaired) electrons. The maximum absolute atomic E-state index is 10.7. The SMILES string of the molecule is O=C/C=C(/O[C@@H]1OC[C@@H](O)[C@H](O)[C@H]1O)c1ccccc1. The van der Waals surface area contributed by atoms with Crippen molar-refractivity contribution in [2.45, 2.75) is 24.6 Å². The Kier molecular flexibility index (Phi) is 4.86. The van der Waals surface area contributed by atoms with Crippen LogP contribution in [0.3, 0.4) is 0 Å². The first-order chi connectivity index (χ1) is 9.63. The molecule has 0 amide bonds. The Labute approximate surface area is 115 Å².